The number of hydrogen-bond acceptors (Lipinski definition) is 3. The third kappa shape index (κ3) is 4.24. The van der Waals surface area contributed by atoms with Gasteiger partial charge in [0, 0.05) is 13.0 Å². The smallest absolute Gasteiger partial charge is 0.319 e. The van der Waals surface area contributed by atoms with Gasteiger partial charge in [0.1, 0.15) is 10.8 Å². The summed E-state index contributed by atoms with van der Waals surface area (Å²) >= 11 is 6.15. The van der Waals surface area contributed by atoms with E-state index in [1.807, 2.05) is 31.2 Å². The van der Waals surface area contributed by atoms with Crippen LogP contribution in [-0.4, -0.2) is 15.0 Å². The number of nitrogens with zero attached hydrogens (tertiary/aromatic N) is 2. The van der Waals surface area contributed by atoms with Crippen LogP contribution in [0.15, 0.2) is 33.9 Å². The van der Waals surface area contributed by atoms with Crippen molar-refractivity contribution in [2.45, 2.75) is 39.8 Å². The number of carbonyl (C=O) groups excluding carboxylic acids is 1. The molecule has 0 saturated carbocycles. The van der Waals surface area contributed by atoms with Crippen LogP contribution in [0.3, 0.4) is 0 Å². The average Bonchev–Trinajstić information content (AvgIpc) is 2.62. The lowest BCUT2D eigenvalue weighted by molar-refractivity contribution is -0.116. The number of benzene rings is 1. The van der Waals surface area contributed by atoms with Crippen LogP contribution in [0, 0.1) is 19.3 Å². The minimum Gasteiger partial charge on any atom is -0.319 e. The molecule has 0 bridgehead atoms. The first kappa shape index (κ1) is 19.5. The fraction of sp³-hybridized carbons (Fsp3) is 0.316. The maximum absolute atomic E-state index is 12.4. The van der Waals surface area contributed by atoms with Crippen LogP contribution in [-0.2, 0) is 24.3 Å². The zero-order chi connectivity index (χ0) is 19.3. The van der Waals surface area contributed by atoms with Gasteiger partial charge >= 0.3 is 5.69 Å². The summed E-state index contributed by atoms with van der Waals surface area (Å²) in [4.78, 5) is 37.0. The van der Waals surface area contributed by atoms with Gasteiger partial charge in [-0.25, -0.2) is 4.79 Å². The van der Waals surface area contributed by atoms with Crippen LogP contribution in [0.1, 0.15) is 24.5 Å². The molecular weight excluding hydrogens is 354 g/mol. The Hall–Kier alpha value is -2.78. The van der Waals surface area contributed by atoms with E-state index in [0.29, 0.717) is 6.42 Å². The Balaban J connectivity index is 2.25. The fourth-order valence-electron chi connectivity index (χ4n) is 2.50. The Kier molecular flexibility index (Phi) is 6.42. The van der Waals surface area contributed by atoms with Crippen molar-refractivity contribution < 1.29 is 4.79 Å². The molecule has 0 atom stereocenters. The molecule has 0 radical (unpaired) electrons. The number of hydrogen-bond donors (Lipinski definition) is 1. The van der Waals surface area contributed by atoms with E-state index in [9.17, 15) is 14.4 Å². The van der Waals surface area contributed by atoms with E-state index in [-0.39, 0.29) is 36.3 Å². The Morgan fingerprint density at radius 3 is 2.46 bits per heavy atom. The summed E-state index contributed by atoms with van der Waals surface area (Å²) in [6.45, 7) is 3.69. The third-order valence-electron chi connectivity index (χ3n) is 3.96. The van der Waals surface area contributed by atoms with Crippen molar-refractivity contribution in [3.8, 4) is 12.3 Å². The average molecular weight is 374 g/mol. The van der Waals surface area contributed by atoms with Gasteiger partial charge in [0.15, 0.2) is 0 Å². The molecule has 2 rings (SSSR count). The molecule has 136 valence electrons. The summed E-state index contributed by atoms with van der Waals surface area (Å²) in [6.07, 6.45) is 5.96. The van der Waals surface area contributed by atoms with E-state index in [4.69, 9.17) is 18.0 Å². The van der Waals surface area contributed by atoms with Crippen LogP contribution in [0.4, 0.5) is 5.69 Å². The molecule has 1 heterocycles. The maximum Gasteiger partial charge on any atom is 0.333 e. The molecule has 0 aliphatic heterocycles. The van der Waals surface area contributed by atoms with Crippen LogP contribution in [0.5, 0.6) is 0 Å². The molecule has 1 amide bonds. The SMILES string of the molecule is C#CCn1c(Cl)c(NC(=O)CCc2ccc(C)cc2)c(=O)n(CC)c1=O. The van der Waals surface area contributed by atoms with Gasteiger partial charge in [-0.1, -0.05) is 47.4 Å². The van der Waals surface area contributed by atoms with E-state index in [1.165, 1.54) is 0 Å². The first-order valence-electron chi connectivity index (χ1n) is 8.21. The molecule has 0 fully saturated rings. The van der Waals surface area contributed by atoms with Gasteiger partial charge in [-0.2, -0.15) is 0 Å². The van der Waals surface area contributed by atoms with Gasteiger partial charge in [0.05, 0.1) is 6.54 Å². The lowest BCUT2D eigenvalue weighted by atomic mass is 10.1. The molecule has 1 aromatic carbocycles. The Bertz CT molecular complexity index is 966. The van der Waals surface area contributed by atoms with E-state index >= 15 is 0 Å². The van der Waals surface area contributed by atoms with Crippen LogP contribution in [0.25, 0.3) is 0 Å². The van der Waals surface area contributed by atoms with Crippen LogP contribution in [0.2, 0.25) is 5.15 Å². The summed E-state index contributed by atoms with van der Waals surface area (Å²) in [6, 6.07) is 7.85. The number of halogens is 1. The summed E-state index contributed by atoms with van der Waals surface area (Å²) < 4.78 is 2.07. The van der Waals surface area contributed by atoms with Crippen molar-refractivity contribution in [1.82, 2.24) is 9.13 Å². The summed E-state index contributed by atoms with van der Waals surface area (Å²) in [5, 5.41) is 2.37. The molecule has 1 aromatic heterocycles. The van der Waals surface area contributed by atoms with Gasteiger partial charge in [-0.15, -0.1) is 6.42 Å². The fourth-order valence-corrected chi connectivity index (χ4v) is 2.76. The second kappa shape index (κ2) is 8.54. The number of aromatic nitrogens is 2. The second-order valence-corrected chi connectivity index (χ2v) is 6.18. The quantitative estimate of drug-likeness (QED) is 0.623. The van der Waals surface area contributed by atoms with Crippen molar-refractivity contribution in [1.29, 1.82) is 0 Å². The summed E-state index contributed by atoms with van der Waals surface area (Å²) in [7, 11) is 0. The standard InChI is InChI=1S/C19H20ClN3O3/c1-4-12-23-17(20)16(18(25)22(5-2)19(23)26)21-15(24)11-10-14-8-6-13(3)7-9-14/h1,6-9H,5,10-12H2,2-3H3,(H,21,24). The predicted molar refractivity (Wildman–Crippen MR) is 103 cm³/mol. The molecule has 0 spiro atoms. The highest BCUT2D eigenvalue weighted by atomic mass is 35.5. The highest BCUT2D eigenvalue weighted by Crippen LogP contribution is 2.16. The van der Waals surface area contributed by atoms with Gasteiger partial charge < -0.3 is 5.32 Å². The Morgan fingerprint density at radius 2 is 1.88 bits per heavy atom. The van der Waals surface area contributed by atoms with Gasteiger partial charge in [-0.3, -0.25) is 18.7 Å². The van der Waals surface area contributed by atoms with Crippen molar-refractivity contribution in [3.63, 3.8) is 0 Å². The van der Waals surface area contributed by atoms with E-state index < -0.39 is 11.2 Å². The lowest BCUT2D eigenvalue weighted by Crippen LogP contribution is -2.41. The highest BCUT2D eigenvalue weighted by Gasteiger charge is 2.18. The molecule has 2 aromatic rings. The van der Waals surface area contributed by atoms with Crippen molar-refractivity contribution in [2.24, 2.45) is 0 Å². The first-order chi connectivity index (χ1) is 12.4. The first-order valence-corrected chi connectivity index (χ1v) is 8.58. The van der Waals surface area contributed by atoms with Gasteiger partial charge in [-0.05, 0) is 25.8 Å². The van der Waals surface area contributed by atoms with Crippen molar-refractivity contribution in [2.75, 3.05) is 5.32 Å². The van der Waals surface area contributed by atoms with Crippen molar-refractivity contribution >= 4 is 23.2 Å². The molecule has 0 aliphatic carbocycles. The van der Waals surface area contributed by atoms with Crippen LogP contribution >= 0.6 is 11.6 Å². The summed E-state index contributed by atoms with van der Waals surface area (Å²) in [5.41, 5.74) is 0.788. The number of carbonyl (C=O) groups is 1. The van der Waals surface area contributed by atoms with E-state index in [0.717, 1.165) is 20.3 Å². The predicted octanol–water partition coefficient (Wildman–Crippen LogP) is 2.20. The molecule has 26 heavy (non-hydrogen) atoms. The zero-order valence-electron chi connectivity index (χ0n) is 14.7. The van der Waals surface area contributed by atoms with Crippen LogP contribution < -0.4 is 16.6 Å². The molecular formula is C19H20ClN3O3. The molecule has 1 N–H and O–H groups in total. The number of anilines is 1. The molecule has 0 aliphatic rings. The van der Waals surface area contributed by atoms with Crippen molar-refractivity contribution in [3.05, 3.63) is 61.4 Å². The number of rotatable bonds is 6. The second-order valence-electron chi connectivity index (χ2n) is 5.82. The number of nitrogens with one attached hydrogen (secondary N) is 1. The Labute approximate surface area is 156 Å². The molecule has 0 unspecified atom stereocenters. The lowest BCUT2D eigenvalue weighted by Gasteiger charge is -2.14. The molecule has 7 heteroatoms. The number of terminal acetylenes is 1. The largest absolute Gasteiger partial charge is 0.333 e. The number of amides is 1. The third-order valence-corrected chi connectivity index (χ3v) is 4.35. The Morgan fingerprint density at radius 1 is 1.23 bits per heavy atom. The normalized spacial score (nSPS) is 10.4. The monoisotopic (exact) mass is 373 g/mol. The molecule has 6 nitrogen and oxygen atoms in total. The molecule has 0 saturated heterocycles. The highest BCUT2D eigenvalue weighted by molar-refractivity contribution is 6.32. The zero-order valence-corrected chi connectivity index (χ0v) is 15.5. The number of aryl methyl sites for hydroxylation is 2. The summed E-state index contributed by atoms with van der Waals surface area (Å²) in [5.74, 6) is 1.96. The van der Waals surface area contributed by atoms with E-state index in [2.05, 4.69) is 11.2 Å². The van der Waals surface area contributed by atoms with E-state index in [1.54, 1.807) is 6.92 Å². The minimum atomic E-state index is -0.639. The minimum absolute atomic E-state index is 0.0931. The topological polar surface area (TPSA) is 73.1 Å². The maximum atomic E-state index is 12.4. The van der Waals surface area contributed by atoms with Gasteiger partial charge in [0.25, 0.3) is 5.56 Å². The van der Waals surface area contributed by atoms with Gasteiger partial charge in [0.2, 0.25) is 5.91 Å².